The summed E-state index contributed by atoms with van der Waals surface area (Å²) in [5.41, 5.74) is -0.105. The number of aromatic amines is 1. The monoisotopic (exact) mass is 291 g/mol. The van der Waals surface area contributed by atoms with E-state index in [-0.39, 0.29) is 23.2 Å². The SMILES string of the molecule is COCCn1nc(C(=O)NC(C)c2ncc[nH]2)ccc1=O. The molecule has 8 nitrogen and oxygen atoms in total. The average Bonchev–Trinajstić information content (AvgIpc) is 3.00. The van der Waals surface area contributed by atoms with E-state index in [1.807, 2.05) is 0 Å². The minimum atomic E-state index is -0.370. The minimum Gasteiger partial charge on any atom is -0.383 e. The minimum absolute atomic E-state index is 0.170. The summed E-state index contributed by atoms with van der Waals surface area (Å²) in [5, 5.41) is 6.79. The molecule has 2 rings (SSSR count). The van der Waals surface area contributed by atoms with Crippen molar-refractivity contribution in [3.63, 3.8) is 0 Å². The highest BCUT2D eigenvalue weighted by atomic mass is 16.5. The zero-order valence-corrected chi connectivity index (χ0v) is 11.9. The quantitative estimate of drug-likeness (QED) is 0.786. The van der Waals surface area contributed by atoms with Gasteiger partial charge in [0.25, 0.3) is 11.5 Å². The second kappa shape index (κ2) is 6.80. The first-order valence-electron chi connectivity index (χ1n) is 6.49. The van der Waals surface area contributed by atoms with Crippen molar-refractivity contribution in [2.24, 2.45) is 0 Å². The average molecular weight is 291 g/mol. The predicted molar refractivity (Wildman–Crippen MR) is 74.8 cm³/mol. The summed E-state index contributed by atoms with van der Waals surface area (Å²) in [6.45, 7) is 2.45. The van der Waals surface area contributed by atoms with Crippen LogP contribution in [0.1, 0.15) is 29.3 Å². The molecule has 21 heavy (non-hydrogen) atoms. The van der Waals surface area contributed by atoms with Gasteiger partial charge in [0.05, 0.1) is 19.2 Å². The number of carbonyl (C=O) groups is 1. The first-order chi connectivity index (χ1) is 10.1. The third-order valence-corrected chi connectivity index (χ3v) is 2.88. The molecule has 0 aliphatic rings. The van der Waals surface area contributed by atoms with Crippen molar-refractivity contribution < 1.29 is 9.53 Å². The van der Waals surface area contributed by atoms with Gasteiger partial charge in [-0.2, -0.15) is 5.10 Å². The molecular formula is C13H17N5O3. The number of amides is 1. The van der Waals surface area contributed by atoms with Crippen LogP contribution in [0.3, 0.4) is 0 Å². The molecule has 0 aliphatic carbocycles. The van der Waals surface area contributed by atoms with Crippen molar-refractivity contribution in [1.82, 2.24) is 25.1 Å². The Balaban J connectivity index is 2.10. The molecule has 1 unspecified atom stereocenters. The van der Waals surface area contributed by atoms with E-state index in [0.29, 0.717) is 19.0 Å². The van der Waals surface area contributed by atoms with Crippen LogP contribution in [0.5, 0.6) is 0 Å². The molecule has 0 fully saturated rings. The maximum Gasteiger partial charge on any atom is 0.272 e. The fourth-order valence-corrected chi connectivity index (χ4v) is 1.76. The van der Waals surface area contributed by atoms with Gasteiger partial charge in [-0.1, -0.05) is 0 Å². The lowest BCUT2D eigenvalue weighted by Crippen LogP contribution is -2.32. The molecule has 1 atom stereocenters. The molecule has 112 valence electrons. The Bertz CT molecular complexity index is 650. The number of ether oxygens (including phenoxy) is 1. The van der Waals surface area contributed by atoms with Crippen LogP contribution < -0.4 is 10.9 Å². The summed E-state index contributed by atoms with van der Waals surface area (Å²) in [5.74, 6) is 0.279. The van der Waals surface area contributed by atoms with Gasteiger partial charge >= 0.3 is 0 Å². The summed E-state index contributed by atoms with van der Waals surface area (Å²) in [4.78, 5) is 30.7. The molecule has 0 bridgehead atoms. The molecule has 1 amide bonds. The summed E-state index contributed by atoms with van der Waals surface area (Å²) in [6, 6.07) is 2.43. The number of hydrogen-bond donors (Lipinski definition) is 2. The van der Waals surface area contributed by atoms with Crippen molar-refractivity contribution in [3.05, 3.63) is 46.4 Å². The van der Waals surface area contributed by atoms with Crippen LogP contribution in [0, 0.1) is 0 Å². The van der Waals surface area contributed by atoms with Gasteiger partial charge in [-0.25, -0.2) is 9.67 Å². The number of aromatic nitrogens is 4. The van der Waals surface area contributed by atoms with Crippen molar-refractivity contribution in [2.75, 3.05) is 13.7 Å². The molecule has 2 aromatic heterocycles. The number of carbonyl (C=O) groups excluding carboxylic acids is 1. The third kappa shape index (κ3) is 3.76. The standard InChI is InChI=1S/C13H17N5O3/c1-9(12-14-5-6-15-12)16-13(20)10-3-4-11(19)18(17-10)7-8-21-2/h3-6,9H,7-8H2,1-2H3,(H,14,15)(H,16,20). The summed E-state index contributed by atoms with van der Waals surface area (Å²) < 4.78 is 6.11. The highest BCUT2D eigenvalue weighted by Crippen LogP contribution is 2.06. The molecule has 2 heterocycles. The molecule has 8 heteroatoms. The van der Waals surface area contributed by atoms with Crippen molar-refractivity contribution in [1.29, 1.82) is 0 Å². The molecule has 2 N–H and O–H groups in total. The van der Waals surface area contributed by atoms with Gasteiger partial charge < -0.3 is 15.0 Å². The molecule has 0 saturated carbocycles. The number of rotatable bonds is 6. The van der Waals surface area contributed by atoms with Gasteiger partial charge in [-0.15, -0.1) is 0 Å². The summed E-state index contributed by atoms with van der Waals surface area (Å²) in [7, 11) is 1.53. The van der Waals surface area contributed by atoms with Crippen molar-refractivity contribution >= 4 is 5.91 Å². The van der Waals surface area contributed by atoms with E-state index < -0.39 is 0 Å². The number of imidazole rings is 1. The predicted octanol–water partition coefficient (Wildman–Crippen LogP) is 0.104. The smallest absolute Gasteiger partial charge is 0.272 e. The third-order valence-electron chi connectivity index (χ3n) is 2.88. The zero-order valence-electron chi connectivity index (χ0n) is 11.9. The summed E-state index contributed by atoms with van der Waals surface area (Å²) >= 11 is 0. The van der Waals surface area contributed by atoms with Crippen molar-refractivity contribution in [3.8, 4) is 0 Å². The Morgan fingerprint density at radius 1 is 1.52 bits per heavy atom. The first-order valence-corrected chi connectivity index (χ1v) is 6.49. The van der Waals surface area contributed by atoms with Gasteiger partial charge in [0, 0.05) is 25.6 Å². The second-order valence-electron chi connectivity index (χ2n) is 4.44. The maximum atomic E-state index is 12.1. The zero-order chi connectivity index (χ0) is 15.2. The van der Waals surface area contributed by atoms with Crippen LogP contribution in [0.25, 0.3) is 0 Å². The second-order valence-corrected chi connectivity index (χ2v) is 4.44. The largest absolute Gasteiger partial charge is 0.383 e. The Hall–Kier alpha value is -2.48. The molecule has 0 spiro atoms. The Kier molecular flexibility index (Phi) is 4.83. The highest BCUT2D eigenvalue weighted by Gasteiger charge is 2.15. The van der Waals surface area contributed by atoms with Crippen LogP contribution in [-0.4, -0.2) is 39.4 Å². The lowest BCUT2D eigenvalue weighted by atomic mass is 10.3. The number of methoxy groups -OCH3 is 1. The van der Waals surface area contributed by atoms with E-state index in [9.17, 15) is 9.59 Å². The highest BCUT2D eigenvalue weighted by molar-refractivity contribution is 5.92. The van der Waals surface area contributed by atoms with E-state index in [2.05, 4.69) is 20.4 Å². The lowest BCUT2D eigenvalue weighted by Gasteiger charge is -2.11. The van der Waals surface area contributed by atoms with Crippen LogP contribution >= 0.6 is 0 Å². The maximum absolute atomic E-state index is 12.1. The lowest BCUT2D eigenvalue weighted by molar-refractivity contribution is 0.0929. The molecule has 0 aromatic carbocycles. The van der Waals surface area contributed by atoms with Gasteiger partial charge in [0.2, 0.25) is 0 Å². The Morgan fingerprint density at radius 3 is 3.00 bits per heavy atom. The number of H-pyrrole nitrogens is 1. The molecule has 2 aromatic rings. The van der Waals surface area contributed by atoms with E-state index in [0.717, 1.165) is 0 Å². The fraction of sp³-hybridized carbons (Fsp3) is 0.385. The van der Waals surface area contributed by atoms with E-state index in [1.54, 1.807) is 19.3 Å². The van der Waals surface area contributed by atoms with Crippen LogP contribution in [0.2, 0.25) is 0 Å². The van der Waals surface area contributed by atoms with Gasteiger partial charge in [0.1, 0.15) is 11.5 Å². The van der Waals surface area contributed by atoms with Gasteiger partial charge in [-0.05, 0) is 13.0 Å². The number of nitrogens with zero attached hydrogens (tertiary/aromatic N) is 3. The summed E-state index contributed by atoms with van der Waals surface area (Å²) in [6.07, 6.45) is 3.29. The van der Waals surface area contributed by atoms with E-state index in [1.165, 1.54) is 23.9 Å². The Morgan fingerprint density at radius 2 is 2.33 bits per heavy atom. The topological polar surface area (TPSA) is 102 Å². The van der Waals surface area contributed by atoms with Crippen LogP contribution in [0.15, 0.2) is 29.3 Å². The van der Waals surface area contributed by atoms with Crippen LogP contribution in [0.4, 0.5) is 0 Å². The van der Waals surface area contributed by atoms with Gasteiger partial charge in [-0.3, -0.25) is 9.59 Å². The molecular weight excluding hydrogens is 274 g/mol. The molecule has 0 saturated heterocycles. The molecule has 0 radical (unpaired) electrons. The van der Waals surface area contributed by atoms with Crippen molar-refractivity contribution in [2.45, 2.75) is 19.5 Å². The van der Waals surface area contributed by atoms with E-state index >= 15 is 0 Å². The van der Waals surface area contributed by atoms with Gasteiger partial charge in [0.15, 0.2) is 0 Å². The molecule has 0 aliphatic heterocycles. The number of nitrogens with one attached hydrogen (secondary N) is 2. The normalized spacial score (nSPS) is 12.1. The Labute approximate surface area is 121 Å². The number of hydrogen-bond acceptors (Lipinski definition) is 5. The first kappa shape index (κ1) is 14.9. The fourth-order valence-electron chi connectivity index (χ4n) is 1.76. The van der Waals surface area contributed by atoms with E-state index in [4.69, 9.17) is 4.74 Å². The van der Waals surface area contributed by atoms with Crippen LogP contribution in [-0.2, 0) is 11.3 Å².